The van der Waals surface area contributed by atoms with Crippen LogP contribution in [-0.4, -0.2) is 52.1 Å². The predicted octanol–water partition coefficient (Wildman–Crippen LogP) is 1.39. The summed E-state index contributed by atoms with van der Waals surface area (Å²) in [4.78, 5) is 28.0. The van der Waals surface area contributed by atoms with E-state index >= 15 is 0 Å². The zero-order chi connectivity index (χ0) is 20.1. The molecule has 2 heterocycles. The highest BCUT2D eigenvalue weighted by Crippen LogP contribution is 2.19. The van der Waals surface area contributed by atoms with Gasteiger partial charge in [-0.15, -0.1) is 0 Å². The highest BCUT2D eigenvalue weighted by molar-refractivity contribution is 5.94. The van der Waals surface area contributed by atoms with Crippen LogP contribution >= 0.6 is 0 Å². The van der Waals surface area contributed by atoms with Crippen LogP contribution in [0, 0.1) is 5.41 Å². The Balaban J connectivity index is 1.55. The maximum absolute atomic E-state index is 11.6. The standard InChI is InChI=1S/C19H20N4O5/c20-18(21)13-3-4-14(22-8-13)10-27-16-5-1-12(2-6-16)7-15-11-28-19(26)23(15)9-17(24)25/h1-6,8,15H,7,9-11H2,(H3,20,21)(H,24,25)/t15-/m0/s1. The van der Waals surface area contributed by atoms with Crippen molar-refractivity contribution in [3.05, 3.63) is 59.4 Å². The van der Waals surface area contributed by atoms with Crippen molar-refractivity contribution < 1.29 is 24.2 Å². The average molecular weight is 384 g/mol. The number of nitrogens with two attached hydrogens (primary N) is 1. The molecule has 1 aromatic carbocycles. The number of carbonyl (C=O) groups excluding carboxylic acids is 1. The maximum Gasteiger partial charge on any atom is 0.410 e. The summed E-state index contributed by atoms with van der Waals surface area (Å²) in [6.07, 6.45) is 1.42. The Morgan fingerprint density at radius 1 is 1.32 bits per heavy atom. The van der Waals surface area contributed by atoms with Gasteiger partial charge in [0.2, 0.25) is 0 Å². The minimum atomic E-state index is -1.07. The molecule has 0 saturated carbocycles. The number of nitrogens with zero attached hydrogens (tertiary/aromatic N) is 2. The van der Waals surface area contributed by atoms with Gasteiger partial charge in [0.15, 0.2) is 0 Å². The summed E-state index contributed by atoms with van der Waals surface area (Å²) in [5.74, 6) is -0.452. The van der Waals surface area contributed by atoms with Crippen LogP contribution in [0.15, 0.2) is 42.6 Å². The van der Waals surface area contributed by atoms with E-state index < -0.39 is 12.1 Å². The van der Waals surface area contributed by atoms with Gasteiger partial charge >= 0.3 is 12.1 Å². The molecular formula is C19H20N4O5. The zero-order valence-corrected chi connectivity index (χ0v) is 15.0. The molecule has 4 N–H and O–H groups in total. The molecule has 28 heavy (non-hydrogen) atoms. The Bertz CT molecular complexity index is 867. The van der Waals surface area contributed by atoms with Gasteiger partial charge < -0.3 is 20.3 Å². The van der Waals surface area contributed by atoms with E-state index in [1.54, 1.807) is 24.3 Å². The molecular weight excluding hydrogens is 364 g/mol. The summed E-state index contributed by atoms with van der Waals surface area (Å²) >= 11 is 0. The van der Waals surface area contributed by atoms with Crippen LogP contribution < -0.4 is 10.5 Å². The number of hydrogen-bond acceptors (Lipinski definition) is 6. The number of carboxylic acids is 1. The number of pyridine rings is 1. The van der Waals surface area contributed by atoms with Crippen molar-refractivity contribution in [3.8, 4) is 5.75 Å². The van der Waals surface area contributed by atoms with E-state index in [9.17, 15) is 9.59 Å². The number of carbonyl (C=O) groups is 2. The Morgan fingerprint density at radius 3 is 2.68 bits per heavy atom. The summed E-state index contributed by atoms with van der Waals surface area (Å²) < 4.78 is 10.7. The Kier molecular flexibility index (Phi) is 5.73. The molecule has 0 spiro atoms. The fraction of sp³-hybridized carbons (Fsp3) is 0.263. The van der Waals surface area contributed by atoms with E-state index in [2.05, 4.69) is 4.98 Å². The van der Waals surface area contributed by atoms with Crippen molar-refractivity contribution in [1.82, 2.24) is 9.88 Å². The molecule has 1 atom stereocenters. The molecule has 0 aliphatic carbocycles. The van der Waals surface area contributed by atoms with Crippen molar-refractivity contribution in [2.24, 2.45) is 5.73 Å². The third-order valence-corrected chi connectivity index (χ3v) is 4.30. The number of amides is 1. The molecule has 1 saturated heterocycles. The van der Waals surface area contributed by atoms with Crippen molar-refractivity contribution in [2.75, 3.05) is 13.2 Å². The first-order chi connectivity index (χ1) is 13.4. The third-order valence-electron chi connectivity index (χ3n) is 4.30. The van der Waals surface area contributed by atoms with Crippen LogP contribution in [0.1, 0.15) is 16.8 Å². The smallest absolute Gasteiger partial charge is 0.410 e. The molecule has 3 rings (SSSR count). The molecule has 0 radical (unpaired) electrons. The molecule has 1 amide bonds. The molecule has 2 aromatic rings. The van der Waals surface area contributed by atoms with Crippen molar-refractivity contribution in [3.63, 3.8) is 0 Å². The first-order valence-electron chi connectivity index (χ1n) is 8.58. The highest BCUT2D eigenvalue weighted by Gasteiger charge is 2.34. The summed E-state index contributed by atoms with van der Waals surface area (Å²) in [5.41, 5.74) is 7.60. The van der Waals surface area contributed by atoms with Crippen LogP contribution in [0.3, 0.4) is 0 Å². The van der Waals surface area contributed by atoms with E-state index in [4.69, 9.17) is 25.7 Å². The predicted molar refractivity (Wildman–Crippen MR) is 99.2 cm³/mol. The highest BCUT2D eigenvalue weighted by atomic mass is 16.6. The summed E-state index contributed by atoms with van der Waals surface area (Å²) in [7, 11) is 0. The lowest BCUT2D eigenvalue weighted by Gasteiger charge is -2.19. The molecule has 9 heteroatoms. The first-order valence-corrected chi connectivity index (χ1v) is 8.58. The van der Waals surface area contributed by atoms with E-state index in [0.717, 1.165) is 5.56 Å². The molecule has 146 valence electrons. The SMILES string of the molecule is N=C(N)c1ccc(COc2ccc(C[C@H]3COC(=O)N3CC(=O)O)cc2)nc1. The number of cyclic esters (lactones) is 1. The maximum atomic E-state index is 11.6. The van der Waals surface area contributed by atoms with Gasteiger partial charge in [0.25, 0.3) is 0 Å². The van der Waals surface area contributed by atoms with Crippen LogP contribution in [0.25, 0.3) is 0 Å². The van der Waals surface area contributed by atoms with E-state index in [1.165, 1.54) is 11.1 Å². The first kappa shape index (κ1) is 19.2. The number of rotatable bonds is 8. The quantitative estimate of drug-likeness (QED) is 0.462. The lowest BCUT2D eigenvalue weighted by molar-refractivity contribution is -0.137. The number of nitrogens with one attached hydrogen (secondary N) is 1. The van der Waals surface area contributed by atoms with Gasteiger partial charge in [0, 0.05) is 11.8 Å². The van der Waals surface area contributed by atoms with Crippen LogP contribution in [0.4, 0.5) is 4.79 Å². The van der Waals surface area contributed by atoms with Gasteiger partial charge in [-0.25, -0.2) is 4.79 Å². The van der Waals surface area contributed by atoms with Crippen molar-refractivity contribution in [1.29, 1.82) is 5.41 Å². The fourth-order valence-electron chi connectivity index (χ4n) is 2.82. The molecule has 1 aliphatic heterocycles. The lowest BCUT2D eigenvalue weighted by atomic mass is 10.1. The minimum absolute atomic E-state index is 0.0353. The van der Waals surface area contributed by atoms with E-state index in [0.29, 0.717) is 23.4 Å². The van der Waals surface area contributed by atoms with Crippen molar-refractivity contribution >= 4 is 17.9 Å². The summed E-state index contributed by atoms with van der Waals surface area (Å²) in [6, 6.07) is 10.5. The monoisotopic (exact) mass is 384 g/mol. The van der Waals surface area contributed by atoms with Gasteiger partial charge in [-0.05, 0) is 36.2 Å². The lowest BCUT2D eigenvalue weighted by Crippen LogP contribution is -2.38. The molecule has 1 aliphatic rings. The van der Waals surface area contributed by atoms with Gasteiger partial charge in [-0.3, -0.25) is 20.1 Å². The normalized spacial score (nSPS) is 15.9. The topological polar surface area (TPSA) is 139 Å². The number of hydrogen-bond donors (Lipinski definition) is 3. The number of aromatic nitrogens is 1. The van der Waals surface area contributed by atoms with Crippen LogP contribution in [-0.2, 0) is 22.6 Å². The van der Waals surface area contributed by atoms with Crippen LogP contribution in [0.2, 0.25) is 0 Å². The molecule has 0 bridgehead atoms. The third kappa shape index (κ3) is 4.76. The number of amidine groups is 1. The molecule has 9 nitrogen and oxygen atoms in total. The minimum Gasteiger partial charge on any atom is -0.487 e. The van der Waals surface area contributed by atoms with Gasteiger partial charge in [0.1, 0.15) is 31.3 Å². The Hall–Kier alpha value is -3.62. The summed E-state index contributed by atoms with van der Waals surface area (Å²) in [5, 5.41) is 16.3. The van der Waals surface area contributed by atoms with E-state index in [1.807, 2.05) is 12.1 Å². The zero-order valence-electron chi connectivity index (χ0n) is 15.0. The van der Waals surface area contributed by atoms with Gasteiger partial charge in [0.05, 0.1) is 11.7 Å². The summed E-state index contributed by atoms with van der Waals surface area (Å²) in [6.45, 7) is 0.0707. The van der Waals surface area contributed by atoms with Crippen molar-refractivity contribution in [2.45, 2.75) is 19.1 Å². The number of ether oxygens (including phenoxy) is 2. The molecule has 1 fully saturated rings. The Labute approximate surface area is 161 Å². The molecule has 1 aromatic heterocycles. The second-order valence-electron chi connectivity index (χ2n) is 6.34. The number of benzene rings is 1. The Morgan fingerprint density at radius 2 is 2.07 bits per heavy atom. The largest absolute Gasteiger partial charge is 0.487 e. The second kappa shape index (κ2) is 8.38. The number of nitrogen functional groups attached to an aromatic ring is 1. The fourth-order valence-corrected chi connectivity index (χ4v) is 2.82. The average Bonchev–Trinajstić information content (AvgIpc) is 3.00. The van der Waals surface area contributed by atoms with E-state index in [-0.39, 0.29) is 31.6 Å². The number of aliphatic carboxylic acids is 1. The molecule has 0 unspecified atom stereocenters. The van der Waals surface area contributed by atoms with Gasteiger partial charge in [-0.1, -0.05) is 12.1 Å². The second-order valence-corrected chi connectivity index (χ2v) is 6.34. The number of carboxylic acid groups (broad SMARTS) is 1. The van der Waals surface area contributed by atoms with Crippen LogP contribution in [0.5, 0.6) is 5.75 Å². The van der Waals surface area contributed by atoms with Gasteiger partial charge in [-0.2, -0.15) is 0 Å².